The summed E-state index contributed by atoms with van der Waals surface area (Å²) in [7, 11) is 0. The average molecular weight is 642 g/mol. The average Bonchev–Trinajstić information content (AvgIpc) is 3.42. The van der Waals surface area contributed by atoms with Crippen molar-refractivity contribution in [3.8, 4) is 11.5 Å². The maximum atomic E-state index is 13.7. The lowest BCUT2D eigenvalue weighted by Gasteiger charge is -2.35. The number of carbonyl (C=O) groups is 2. The minimum atomic E-state index is -2.35. The molecule has 1 aliphatic heterocycles. The molecule has 5 rings (SSSR count). The van der Waals surface area contributed by atoms with Gasteiger partial charge in [0.15, 0.2) is 11.5 Å². The van der Waals surface area contributed by atoms with Crippen LogP contribution in [0.3, 0.4) is 0 Å². The summed E-state index contributed by atoms with van der Waals surface area (Å²) in [6.45, 7) is 6.99. The maximum absolute atomic E-state index is 13.7. The van der Waals surface area contributed by atoms with Gasteiger partial charge < -0.3 is 29.4 Å². The molecular formula is C36H48ClNO7. The van der Waals surface area contributed by atoms with Crippen LogP contribution in [-0.2, 0) is 25.5 Å². The normalized spacial score (nSPS) is 21.0. The van der Waals surface area contributed by atoms with Gasteiger partial charge in [0.05, 0.1) is 19.3 Å². The number of nitrogens with one attached hydrogen (secondary N) is 1. The molecule has 2 atom stereocenters. The number of esters is 2. The highest BCUT2D eigenvalue weighted by atomic mass is 35.5. The van der Waals surface area contributed by atoms with Crippen molar-refractivity contribution in [2.24, 2.45) is 10.8 Å². The van der Waals surface area contributed by atoms with Crippen LogP contribution in [0.2, 0.25) is 5.02 Å². The van der Waals surface area contributed by atoms with Gasteiger partial charge in [-0.2, -0.15) is 0 Å². The first-order valence-electron chi connectivity index (χ1n) is 16.5. The Morgan fingerprint density at radius 1 is 0.867 bits per heavy atom. The molecule has 9 heteroatoms. The van der Waals surface area contributed by atoms with Crippen LogP contribution in [0, 0.1) is 10.8 Å². The van der Waals surface area contributed by atoms with Gasteiger partial charge in [0.2, 0.25) is 0 Å². The van der Waals surface area contributed by atoms with E-state index in [9.17, 15) is 14.7 Å². The molecule has 2 aliphatic carbocycles. The first-order chi connectivity index (χ1) is 21.5. The Bertz CT molecular complexity index is 1290. The number of hydrogen-bond donors (Lipinski definition) is 2. The summed E-state index contributed by atoms with van der Waals surface area (Å²) < 4.78 is 23.7. The predicted octanol–water partition coefficient (Wildman–Crippen LogP) is 7.09. The summed E-state index contributed by atoms with van der Waals surface area (Å²) in [4.78, 5) is 27.5. The van der Waals surface area contributed by atoms with E-state index in [2.05, 4.69) is 19.2 Å². The van der Waals surface area contributed by atoms with Crippen molar-refractivity contribution in [2.45, 2.75) is 109 Å². The summed E-state index contributed by atoms with van der Waals surface area (Å²) in [6, 6.07) is 12.6. The molecule has 2 aromatic carbocycles. The van der Waals surface area contributed by atoms with Crippen molar-refractivity contribution < 1.29 is 33.6 Å². The monoisotopic (exact) mass is 641 g/mol. The van der Waals surface area contributed by atoms with Crippen LogP contribution >= 0.6 is 11.6 Å². The molecule has 3 aliphatic rings. The van der Waals surface area contributed by atoms with E-state index < -0.39 is 23.8 Å². The molecule has 0 bridgehead atoms. The Kier molecular flexibility index (Phi) is 10.7. The molecule has 2 fully saturated rings. The molecule has 45 heavy (non-hydrogen) atoms. The van der Waals surface area contributed by atoms with E-state index in [1.54, 1.807) is 24.3 Å². The summed E-state index contributed by atoms with van der Waals surface area (Å²) >= 11 is 6.07. The third kappa shape index (κ3) is 8.32. The van der Waals surface area contributed by atoms with Crippen molar-refractivity contribution >= 4 is 23.5 Å². The lowest BCUT2D eigenvalue weighted by atomic mass is 9.76. The number of benzene rings is 2. The van der Waals surface area contributed by atoms with Gasteiger partial charge in [-0.25, -0.2) is 9.59 Å². The van der Waals surface area contributed by atoms with Crippen LogP contribution in [-0.4, -0.2) is 48.6 Å². The van der Waals surface area contributed by atoms with Crippen molar-refractivity contribution in [2.75, 3.05) is 19.8 Å². The molecule has 0 spiro atoms. The van der Waals surface area contributed by atoms with Crippen molar-refractivity contribution in [3.63, 3.8) is 0 Å². The summed E-state index contributed by atoms with van der Waals surface area (Å²) in [5.41, 5.74) is 1.37. The highest BCUT2D eigenvalue weighted by molar-refractivity contribution is 6.30. The van der Waals surface area contributed by atoms with Gasteiger partial charge in [-0.15, -0.1) is 0 Å². The number of rotatable bonds is 12. The zero-order valence-electron chi connectivity index (χ0n) is 26.9. The van der Waals surface area contributed by atoms with Gasteiger partial charge in [-0.05, 0) is 74.4 Å². The lowest BCUT2D eigenvalue weighted by Crippen LogP contribution is -2.56. The minimum absolute atomic E-state index is 0.00590. The third-order valence-electron chi connectivity index (χ3n) is 9.71. The largest absolute Gasteiger partial charge is 0.459 e. The topological polar surface area (TPSA) is 103 Å². The smallest absolute Gasteiger partial charge is 0.453 e. The predicted molar refractivity (Wildman–Crippen MR) is 172 cm³/mol. The summed E-state index contributed by atoms with van der Waals surface area (Å²) in [5.74, 6) is -3.52. The molecule has 0 unspecified atom stereocenters. The number of halogens is 1. The van der Waals surface area contributed by atoms with E-state index in [0.29, 0.717) is 23.7 Å². The van der Waals surface area contributed by atoms with Crippen molar-refractivity contribution in [1.82, 2.24) is 5.32 Å². The van der Waals surface area contributed by atoms with Gasteiger partial charge in [0.25, 0.3) is 0 Å². The maximum Gasteiger partial charge on any atom is 0.453 e. The minimum Gasteiger partial charge on any atom is -0.459 e. The Morgan fingerprint density at radius 2 is 1.44 bits per heavy atom. The molecule has 2 saturated carbocycles. The first kappa shape index (κ1) is 33.6. The fourth-order valence-corrected chi connectivity index (χ4v) is 6.96. The molecule has 0 saturated heterocycles. The Balaban J connectivity index is 1.26. The number of carbonyl (C=O) groups excluding carboxylic acids is 2. The van der Waals surface area contributed by atoms with Crippen molar-refractivity contribution in [1.29, 1.82) is 0 Å². The number of fused-ring (bicyclic) bond motifs is 1. The van der Waals surface area contributed by atoms with Crippen LogP contribution in [0.15, 0.2) is 42.5 Å². The number of aliphatic hydroxyl groups excluding tert-OH is 1. The number of ether oxygens (including phenoxy) is 4. The van der Waals surface area contributed by atoms with Gasteiger partial charge >= 0.3 is 17.7 Å². The van der Waals surface area contributed by atoms with Crippen LogP contribution < -0.4 is 14.8 Å². The van der Waals surface area contributed by atoms with E-state index in [1.165, 1.54) is 12.8 Å². The first-order valence-corrected chi connectivity index (χ1v) is 16.9. The zero-order chi connectivity index (χ0) is 32.1. The van der Waals surface area contributed by atoms with Crippen molar-refractivity contribution in [3.05, 3.63) is 58.6 Å². The molecule has 0 radical (unpaired) electrons. The third-order valence-corrected chi connectivity index (χ3v) is 9.95. The van der Waals surface area contributed by atoms with Crippen LogP contribution in [0.4, 0.5) is 0 Å². The Hall–Kier alpha value is -2.81. The Labute approximate surface area is 272 Å². The molecule has 1 heterocycles. The van der Waals surface area contributed by atoms with E-state index in [-0.39, 0.29) is 35.8 Å². The van der Waals surface area contributed by atoms with E-state index >= 15 is 0 Å². The zero-order valence-corrected chi connectivity index (χ0v) is 27.6. The second-order valence-corrected chi connectivity index (χ2v) is 14.5. The summed E-state index contributed by atoms with van der Waals surface area (Å²) in [6.07, 6.45) is 10.5. The van der Waals surface area contributed by atoms with E-state index in [0.717, 1.165) is 62.5 Å². The molecule has 2 aromatic rings. The second-order valence-electron chi connectivity index (χ2n) is 14.1. The standard InChI is InChI=1S/C36H48ClNO7/c1-25(38-22-29(39)27-11-10-12-28(37)21-27)19-26-13-14-30-31(20-26)45-36(44-30,32(40)42-23-34(2)15-6-4-7-16-34)33(41)43-24-35(3)17-8-5-9-18-35/h10-14,20-21,25,29,38-39H,4-9,15-19,22-24H2,1-3H3/t25-,29+/m1/s1. The van der Waals surface area contributed by atoms with E-state index in [1.807, 2.05) is 25.1 Å². The molecule has 2 N–H and O–H groups in total. The summed E-state index contributed by atoms with van der Waals surface area (Å²) in [5, 5.41) is 14.5. The van der Waals surface area contributed by atoms with Gasteiger partial charge in [0, 0.05) is 28.4 Å². The SMILES string of the molecule is C[C@H](Cc1ccc2c(c1)OC(C(=O)OCC1(C)CCCCC1)(C(=O)OCC1(C)CCCCC1)O2)NC[C@H](O)c1cccc(Cl)c1. The van der Waals surface area contributed by atoms with Crippen LogP contribution in [0.1, 0.15) is 102 Å². The fraction of sp³-hybridized carbons (Fsp3) is 0.611. The second kappa shape index (κ2) is 14.3. The van der Waals surface area contributed by atoms with Gasteiger partial charge in [-0.1, -0.05) is 82.2 Å². The van der Waals surface area contributed by atoms with E-state index in [4.69, 9.17) is 30.5 Å². The number of hydrogen-bond acceptors (Lipinski definition) is 8. The fourth-order valence-electron chi connectivity index (χ4n) is 6.76. The molecular weight excluding hydrogens is 594 g/mol. The lowest BCUT2D eigenvalue weighted by molar-refractivity contribution is -0.206. The Morgan fingerprint density at radius 3 is 2.02 bits per heavy atom. The molecule has 8 nitrogen and oxygen atoms in total. The van der Waals surface area contributed by atoms with Crippen LogP contribution in [0.5, 0.6) is 11.5 Å². The van der Waals surface area contributed by atoms with Crippen LogP contribution in [0.25, 0.3) is 0 Å². The van der Waals surface area contributed by atoms with Gasteiger partial charge in [0.1, 0.15) is 0 Å². The highest BCUT2D eigenvalue weighted by Crippen LogP contribution is 2.43. The molecule has 0 aromatic heterocycles. The molecule has 246 valence electrons. The highest BCUT2D eigenvalue weighted by Gasteiger charge is 2.60. The quantitative estimate of drug-likeness (QED) is 0.187. The van der Waals surface area contributed by atoms with Gasteiger partial charge in [-0.3, -0.25) is 0 Å². The number of aliphatic hydroxyl groups is 1. The molecule has 0 amide bonds.